The summed E-state index contributed by atoms with van der Waals surface area (Å²) >= 11 is 0. The molecule has 0 aromatic rings. The second kappa shape index (κ2) is 23.9. The molecule has 2 aliphatic rings. The Kier molecular flexibility index (Phi) is 25.6. The van der Waals surface area contributed by atoms with E-state index in [1.807, 2.05) is 13.0 Å². The summed E-state index contributed by atoms with van der Waals surface area (Å²) in [6.45, 7) is 7.87. The van der Waals surface area contributed by atoms with Crippen molar-refractivity contribution in [1.82, 2.24) is 0 Å². The number of hydrogen-bond donors (Lipinski definition) is 2. The fourth-order valence-corrected chi connectivity index (χ4v) is 2.65. The molecule has 2 aliphatic heterocycles. The first-order valence-electron chi connectivity index (χ1n) is 10.1. The monoisotopic (exact) mass is 441 g/mol. The highest BCUT2D eigenvalue weighted by Gasteiger charge is 2.30. The molecule has 0 aromatic heterocycles. The maximum absolute atomic E-state index is 9.01. The Morgan fingerprint density at radius 1 is 0.903 bits per heavy atom. The number of nitrogens with zero attached hydrogens (tertiary/aromatic N) is 2. The number of hydrogen-bond acceptors (Lipinski definition) is 10. The maximum Gasteiger partial charge on any atom is 0.373 e. The first-order chi connectivity index (χ1) is 14.9. The van der Waals surface area contributed by atoms with Crippen molar-refractivity contribution in [1.29, 1.82) is 10.5 Å². The van der Waals surface area contributed by atoms with Crippen LogP contribution < -0.4 is 5.73 Å². The van der Waals surface area contributed by atoms with E-state index in [0.717, 1.165) is 65.0 Å². The number of ether oxygens (including phenoxy) is 2. The normalized spacial score (nSPS) is 17.1. The van der Waals surface area contributed by atoms with Crippen molar-refractivity contribution < 1.29 is 33.8 Å². The van der Waals surface area contributed by atoms with Gasteiger partial charge in [0.25, 0.3) is 0 Å². The number of unbranched alkanes of at least 4 members (excludes halogenated alkanes) is 1. The molecule has 0 saturated carbocycles. The van der Waals surface area contributed by atoms with Crippen LogP contribution in [0, 0.1) is 33.5 Å². The molecule has 2 saturated heterocycles. The second-order valence-electron chi connectivity index (χ2n) is 6.91. The second-order valence-corrected chi connectivity index (χ2v) is 6.91. The van der Waals surface area contributed by atoms with Crippen molar-refractivity contribution in [2.45, 2.75) is 58.8 Å². The third-order valence-electron chi connectivity index (χ3n) is 5.05. The van der Waals surface area contributed by atoms with Crippen LogP contribution in [-0.4, -0.2) is 57.0 Å². The van der Waals surface area contributed by atoms with Crippen molar-refractivity contribution in [3.8, 4) is 12.1 Å². The summed E-state index contributed by atoms with van der Waals surface area (Å²) < 4.78 is 10.3. The third-order valence-corrected chi connectivity index (χ3v) is 5.05. The molecule has 0 unspecified atom stereocenters. The zero-order valence-electron chi connectivity index (χ0n) is 18.6. The topological polar surface area (TPSA) is 181 Å². The molecule has 0 aromatic carbocycles. The maximum atomic E-state index is 9.01. The minimum atomic E-state index is -0.0573. The quantitative estimate of drug-likeness (QED) is 0.650. The van der Waals surface area contributed by atoms with Crippen LogP contribution in [0.2, 0.25) is 0 Å². The molecular weight excluding hydrogens is 406 g/mol. The van der Waals surface area contributed by atoms with Crippen molar-refractivity contribution in [2.75, 3.05) is 39.6 Å². The van der Waals surface area contributed by atoms with Gasteiger partial charge in [0.2, 0.25) is 0 Å². The summed E-state index contributed by atoms with van der Waals surface area (Å²) in [4.78, 5) is 32.5. The van der Waals surface area contributed by atoms with E-state index in [0.29, 0.717) is 13.0 Å². The van der Waals surface area contributed by atoms with Gasteiger partial charge in [0, 0.05) is 44.8 Å². The van der Waals surface area contributed by atoms with E-state index in [4.69, 9.17) is 50.0 Å². The SMILES string of the molecule is CCC1(C#N)CCOCC1.CCCC#N.NCC1(CO)CCOCC1.O=C=O.O=C=O. The average Bonchev–Trinajstić information content (AvgIpc) is 2.82. The molecule has 3 N–H and O–H groups in total. The van der Waals surface area contributed by atoms with Gasteiger partial charge in [-0.3, -0.25) is 0 Å². The van der Waals surface area contributed by atoms with Crippen LogP contribution in [0.25, 0.3) is 0 Å². The minimum absolute atomic E-state index is 0.0295. The standard InChI is InChI=1S/C8H13NO.C7H15NO2.C4H7N.2CO2/c1-2-8(7-9)3-5-10-6-4-8;8-5-7(6-9)1-3-10-4-2-7;1-2-3-4-5;2*2-1-3/h2-6H2,1H3;9H,1-6,8H2;2-3H2,1H3;;. The molecule has 0 aliphatic carbocycles. The van der Waals surface area contributed by atoms with Gasteiger partial charge in [-0.05, 0) is 38.5 Å². The van der Waals surface area contributed by atoms with Gasteiger partial charge in [-0.2, -0.15) is 29.7 Å². The number of rotatable bonds is 4. The van der Waals surface area contributed by atoms with Gasteiger partial charge >= 0.3 is 12.3 Å². The number of aliphatic hydroxyl groups is 1. The predicted octanol–water partition coefficient (Wildman–Crippen LogP) is 1.59. The minimum Gasteiger partial charge on any atom is -0.396 e. The summed E-state index contributed by atoms with van der Waals surface area (Å²) in [6, 6.07) is 4.40. The summed E-state index contributed by atoms with van der Waals surface area (Å²) in [5.41, 5.74) is 5.45. The Morgan fingerprint density at radius 2 is 1.32 bits per heavy atom. The smallest absolute Gasteiger partial charge is 0.373 e. The Labute approximate surface area is 184 Å². The lowest BCUT2D eigenvalue weighted by atomic mass is 9.79. The number of nitrogens with two attached hydrogens (primary N) is 1. The van der Waals surface area contributed by atoms with Crippen LogP contribution in [0.1, 0.15) is 58.8 Å². The van der Waals surface area contributed by atoms with E-state index in [-0.39, 0.29) is 29.7 Å². The number of aliphatic hydroxyl groups excluding tert-OH is 1. The zero-order chi connectivity index (χ0) is 24.4. The highest BCUT2D eigenvalue weighted by atomic mass is 16.5. The van der Waals surface area contributed by atoms with E-state index >= 15 is 0 Å². The van der Waals surface area contributed by atoms with Gasteiger partial charge in [0.1, 0.15) is 0 Å². The Bertz CT molecular complexity index is 543. The predicted molar refractivity (Wildman–Crippen MR) is 108 cm³/mol. The summed E-state index contributed by atoms with van der Waals surface area (Å²) in [5, 5.41) is 25.7. The van der Waals surface area contributed by atoms with Gasteiger partial charge < -0.3 is 20.3 Å². The molecular formula is C21H35N3O7. The van der Waals surface area contributed by atoms with E-state index in [9.17, 15) is 0 Å². The van der Waals surface area contributed by atoms with Crippen LogP contribution in [0.5, 0.6) is 0 Å². The molecule has 2 rings (SSSR count). The lowest BCUT2D eigenvalue weighted by molar-refractivity contribution is -0.193. The molecule has 31 heavy (non-hydrogen) atoms. The molecule has 2 heterocycles. The van der Waals surface area contributed by atoms with Crippen LogP contribution in [0.4, 0.5) is 0 Å². The van der Waals surface area contributed by atoms with E-state index in [1.54, 1.807) is 0 Å². The van der Waals surface area contributed by atoms with E-state index < -0.39 is 0 Å². The first kappa shape index (κ1) is 33.2. The van der Waals surface area contributed by atoms with Gasteiger partial charge in [-0.15, -0.1) is 0 Å². The highest BCUT2D eigenvalue weighted by Crippen LogP contribution is 2.32. The molecule has 0 radical (unpaired) electrons. The number of nitriles is 2. The van der Waals surface area contributed by atoms with Crippen LogP contribution in [0.15, 0.2) is 0 Å². The van der Waals surface area contributed by atoms with Gasteiger partial charge in [-0.1, -0.05) is 13.8 Å². The van der Waals surface area contributed by atoms with E-state index in [2.05, 4.69) is 13.0 Å². The van der Waals surface area contributed by atoms with Crippen molar-refractivity contribution in [3.63, 3.8) is 0 Å². The fraction of sp³-hybridized carbons (Fsp3) is 0.810. The molecule has 10 nitrogen and oxygen atoms in total. The van der Waals surface area contributed by atoms with Crippen LogP contribution in [0.3, 0.4) is 0 Å². The zero-order valence-corrected chi connectivity index (χ0v) is 18.6. The summed E-state index contributed by atoms with van der Waals surface area (Å²) in [6.07, 6.45) is 6.78. The summed E-state index contributed by atoms with van der Waals surface area (Å²) in [5.74, 6) is 0. The van der Waals surface area contributed by atoms with Crippen molar-refractivity contribution >= 4 is 12.3 Å². The Balaban J connectivity index is -0.000000350. The highest BCUT2D eigenvalue weighted by molar-refractivity contribution is 5.20. The third kappa shape index (κ3) is 18.1. The van der Waals surface area contributed by atoms with E-state index in [1.165, 1.54) is 0 Å². The van der Waals surface area contributed by atoms with Crippen molar-refractivity contribution in [3.05, 3.63) is 0 Å². The Morgan fingerprint density at radius 3 is 1.48 bits per heavy atom. The molecule has 0 spiro atoms. The molecule has 0 bridgehead atoms. The molecule has 0 amide bonds. The lowest BCUT2D eigenvalue weighted by Gasteiger charge is -2.33. The van der Waals surface area contributed by atoms with Gasteiger partial charge in [-0.25, -0.2) is 0 Å². The lowest BCUT2D eigenvalue weighted by Crippen LogP contribution is -2.39. The molecule has 10 heteroatoms. The van der Waals surface area contributed by atoms with Gasteiger partial charge in [0.15, 0.2) is 0 Å². The van der Waals surface area contributed by atoms with Crippen LogP contribution >= 0.6 is 0 Å². The van der Waals surface area contributed by atoms with Gasteiger partial charge in [0.05, 0.1) is 24.2 Å². The molecule has 0 atom stereocenters. The molecule has 2 fully saturated rings. The average molecular weight is 442 g/mol. The first-order valence-corrected chi connectivity index (χ1v) is 10.1. The van der Waals surface area contributed by atoms with Crippen molar-refractivity contribution in [2.24, 2.45) is 16.6 Å². The molecule has 176 valence electrons. The number of carbonyl (C=O) groups excluding carboxylic acids is 4. The Hall–Kier alpha value is -2.42. The van der Waals surface area contributed by atoms with Crippen LogP contribution in [-0.2, 0) is 28.7 Å². The summed E-state index contributed by atoms with van der Waals surface area (Å²) in [7, 11) is 0. The fourth-order valence-electron chi connectivity index (χ4n) is 2.65. The largest absolute Gasteiger partial charge is 0.396 e.